The Morgan fingerprint density at radius 3 is 2.67 bits per heavy atom. The fraction of sp³-hybridized carbons (Fsp3) is 0.235. The average molecular weight is 359 g/mol. The highest BCUT2D eigenvalue weighted by Crippen LogP contribution is 2.31. The fourth-order valence-electron chi connectivity index (χ4n) is 2.15. The molecule has 1 aliphatic carbocycles. The minimum atomic E-state index is -0.239. The molecule has 0 saturated heterocycles. The van der Waals surface area contributed by atoms with Crippen LogP contribution in [0.3, 0.4) is 0 Å². The molecule has 5 nitrogen and oxygen atoms in total. The van der Waals surface area contributed by atoms with E-state index in [-0.39, 0.29) is 22.8 Å². The van der Waals surface area contributed by atoms with Crippen molar-refractivity contribution < 1.29 is 9.59 Å². The van der Waals surface area contributed by atoms with Gasteiger partial charge in [0, 0.05) is 17.3 Å². The van der Waals surface area contributed by atoms with Crippen LogP contribution in [-0.4, -0.2) is 16.9 Å². The summed E-state index contributed by atoms with van der Waals surface area (Å²) in [6, 6.07) is 9.12. The first-order chi connectivity index (χ1) is 11.5. The highest BCUT2D eigenvalue weighted by molar-refractivity contribution is 7.80. The van der Waals surface area contributed by atoms with Crippen LogP contribution >= 0.6 is 23.6 Å². The lowest BCUT2D eigenvalue weighted by Gasteiger charge is -2.13. The molecule has 1 saturated carbocycles. The second-order valence-corrected chi connectivity index (χ2v) is 7.03. The molecule has 7 heteroatoms. The summed E-state index contributed by atoms with van der Waals surface area (Å²) in [5.74, 6) is -0.0344. The molecule has 0 spiro atoms. The van der Waals surface area contributed by atoms with Gasteiger partial charge in [-0.05, 0) is 61.1 Å². The maximum atomic E-state index is 12.0. The molecule has 1 aromatic carbocycles. The Labute approximate surface area is 149 Å². The van der Waals surface area contributed by atoms with E-state index in [1.54, 1.807) is 6.07 Å². The molecule has 1 fully saturated rings. The standard InChI is InChI=1S/C17H17N3O2S2/c1-10-4-7-12(9-13(10)19-15(21)11-5-6-11)18-17(23)20-16(22)14-3-2-8-24-14/h2-4,7-9,11H,5-6H2,1H3,(H,19,21)(H2,18,20,22,23). The van der Waals surface area contributed by atoms with Gasteiger partial charge in [-0.15, -0.1) is 11.3 Å². The van der Waals surface area contributed by atoms with Gasteiger partial charge in [-0.1, -0.05) is 12.1 Å². The lowest BCUT2D eigenvalue weighted by atomic mass is 10.1. The van der Waals surface area contributed by atoms with Crippen molar-refractivity contribution >= 4 is 51.9 Å². The second kappa shape index (κ2) is 7.11. The Balaban J connectivity index is 1.62. The summed E-state index contributed by atoms with van der Waals surface area (Å²) < 4.78 is 0. The van der Waals surface area contributed by atoms with Gasteiger partial charge >= 0.3 is 0 Å². The van der Waals surface area contributed by atoms with Gasteiger partial charge in [0.2, 0.25) is 5.91 Å². The zero-order valence-corrected chi connectivity index (χ0v) is 14.7. The first kappa shape index (κ1) is 16.6. The largest absolute Gasteiger partial charge is 0.332 e. The van der Waals surface area contributed by atoms with E-state index >= 15 is 0 Å². The minimum absolute atomic E-state index is 0.0591. The van der Waals surface area contributed by atoms with Gasteiger partial charge in [0.15, 0.2) is 5.11 Å². The molecule has 2 amide bonds. The minimum Gasteiger partial charge on any atom is -0.332 e. The second-order valence-electron chi connectivity index (χ2n) is 5.68. The fourth-order valence-corrected chi connectivity index (χ4v) is 2.98. The predicted molar refractivity (Wildman–Crippen MR) is 101 cm³/mol. The summed E-state index contributed by atoms with van der Waals surface area (Å²) in [5, 5.41) is 10.6. The molecule has 2 aromatic rings. The number of rotatable bonds is 4. The van der Waals surface area contributed by atoms with Crippen molar-refractivity contribution in [2.24, 2.45) is 5.92 Å². The lowest BCUT2D eigenvalue weighted by molar-refractivity contribution is -0.117. The highest BCUT2D eigenvalue weighted by Gasteiger charge is 2.29. The van der Waals surface area contributed by atoms with Crippen LogP contribution in [0.5, 0.6) is 0 Å². The van der Waals surface area contributed by atoms with Gasteiger partial charge in [0.25, 0.3) is 5.91 Å². The van der Waals surface area contributed by atoms with Crippen molar-refractivity contribution in [2.75, 3.05) is 10.6 Å². The van der Waals surface area contributed by atoms with E-state index in [0.717, 1.165) is 24.1 Å². The third-order valence-electron chi connectivity index (χ3n) is 3.67. The third kappa shape index (κ3) is 4.18. The van der Waals surface area contributed by atoms with E-state index in [4.69, 9.17) is 12.2 Å². The van der Waals surface area contributed by atoms with E-state index < -0.39 is 0 Å². The monoisotopic (exact) mass is 359 g/mol. The number of carbonyl (C=O) groups excluding carboxylic acids is 2. The van der Waals surface area contributed by atoms with E-state index in [9.17, 15) is 9.59 Å². The molecule has 1 heterocycles. The molecule has 0 unspecified atom stereocenters. The lowest BCUT2D eigenvalue weighted by Crippen LogP contribution is -2.33. The predicted octanol–water partition coefficient (Wildman–Crippen LogP) is 3.53. The zero-order valence-electron chi connectivity index (χ0n) is 13.1. The number of carbonyl (C=O) groups is 2. The summed E-state index contributed by atoms with van der Waals surface area (Å²) in [7, 11) is 0. The molecular weight excluding hydrogens is 342 g/mol. The van der Waals surface area contributed by atoms with Crippen LogP contribution in [0.2, 0.25) is 0 Å². The van der Waals surface area contributed by atoms with Crippen molar-refractivity contribution in [1.82, 2.24) is 5.32 Å². The van der Waals surface area contributed by atoms with E-state index in [2.05, 4.69) is 16.0 Å². The molecule has 0 atom stereocenters. The number of aryl methyl sites for hydroxylation is 1. The Morgan fingerprint density at radius 2 is 2.00 bits per heavy atom. The molecule has 0 aliphatic heterocycles. The van der Waals surface area contributed by atoms with Gasteiger partial charge < -0.3 is 10.6 Å². The van der Waals surface area contributed by atoms with Crippen LogP contribution in [0.4, 0.5) is 11.4 Å². The van der Waals surface area contributed by atoms with Crippen LogP contribution in [0.25, 0.3) is 0 Å². The topological polar surface area (TPSA) is 70.2 Å². The Kier molecular flexibility index (Phi) is 4.92. The number of benzene rings is 1. The summed E-state index contributed by atoms with van der Waals surface area (Å²) in [5.41, 5.74) is 2.44. The van der Waals surface area contributed by atoms with Gasteiger partial charge in [-0.25, -0.2) is 0 Å². The summed E-state index contributed by atoms with van der Waals surface area (Å²) in [6.07, 6.45) is 1.92. The van der Waals surface area contributed by atoms with Crippen molar-refractivity contribution in [3.8, 4) is 0 Å². The van der Waals surface area contributed by atoms with Crippen LogP contribution in [0, 0.1) is 12.8 Å². The molecule has 3 N–H and O–H groups in total. The van der Waals surface area contributed by atoms with Crippen LogP contribution in [0.1, 0.15) is 28.1 Å². The number of anilines is 2. The van der Waals surface area contributed by atoms with Crippen molar-refractivity contribution in [1.29, 1.82) is 0 Å². The van der Waals surface area contributed by atoms with E-state index in [0.29, 0.717) is 10.6 Å². The Bertz CT molecular complexity index is 783. The van der Waals surface area contributed by atoms with Gasteiger partial charge in [0.1, 0.15) is 0 Å². The number of nitrogens with one attached hydrogen (secondary N) is 3. The van der Waals surface area contributed by atoms with E-state index in [1.807, 2.05) is 36.6 Å². The number of amides is 2. The first-order valence-corrected chi connectivity index (χ1v) is 8.89. The van der Waals surface area contributed by atoms with Gasteiger partial charge in [-0.3, -0.25) is 14.9 Å². The summed E-state index contributed by atoms with van der Waals surface area (Å²) in [4.78, 5) is 24.5. The Hall–Kier alpha value is -2.25. The van der Waals surface area contributed by atoms with Crippen LogP contribution < -0.4 is 16.0 Å². The molecule has 1 aromatic heterocycles. The first-order valence-electron chi connectivity index (χ1n) is 7.60. The molecule has 0 bridgehead atoms. The van der Waals surface area contributed by atoms with Crippen molar-refractivity contribution in [2.45, 2.75) is 19.8 Å². The Morgan fingerprint density at radius 1 is 1.21 bits per heavy atom. The summed E-state index contributed by atoms with van der Waals surface area (Å²) in [6.45, 7) is 1.93. The van der Waals surface area contributed by atoms with Crippen molar-refractivity contribution in [3.05, 3.63) is 46.2 Å². The molecule has 3 rings (SSSR count). The zero-order chi connectivity index (χ0) is 17.1. The molecule has 1 aliphatic rings. The maximum absolute atomic E-state index is 12.0. The van der Waals surface area contributed by atoms with Crippen LogP contribution in [0.15, 0.2) is 35.7 Å². The average Bonchev–Trinajstić information content (AvgIpc) is 3.25. The third-order valence-corrected chi connectivity index (χ3v) is 4.75. The SMILES string of the molecule is Cc1ccc(NC(=S)NC(=O)c2cccs2)cc1NC(=O)C1CC1. The number of thiophene rings is 1. The molecular formula is C17H17N3O2S2. The number of hydrogen-bond acceptors (Lipinski definition) is 4. The normalized spacial score (nSPS) is 13.2. The molecule has 124 valence electrons. The summed E-state index contributed by atoms with van der Waals surface area (Å²) >= 11 is 6.53. The molecule has 0 radical (unpaired) electrons. The maximum Gasteiger partial charge on any atom is 0.267 e. The van der Waals surface area contributed by atoms with E-state index in [1.165, 1.54) is 11.3 Å². The van der Waals surface area contributed by atoms with Gasteiger partial charge in [0.05, 0.1) is 4.88 Å². The van der Waals surface area contributed by atoms with Gasteiger partial charge in [-0.2, -0.15) is 0 Å². The quantitative estimate of drug-likeness (QED) is 0.731. The van der Waals surface area contributed by atoms with Crippen molar-refractivity contribution in [3.63, 3.8) is 0 Å². The smallest absolute Gasteiger partial charge is 0.267 e. The molecule has 24 heavy (non-hydrogen) atoms. The van der Waals surface area contributed by atoms with Crippen LogP contribution in [-0.2, 0) is 4.79 Å². The highest BCUT2D eigenvalue weighted by atomic mass is 32.1. The number of hydrogen-bond donors (Lipinski definition) is 3. The number of thiocarbonyl (C=S) groups is 1.